The first kappa shape index (κ1) is 16.7. The molecule has 6 heteroatoms. The van der Waals surface area contributed by atoms with Crippen LogP contribution in [-0.2, 0) is 13.0 Å². The molecule has 1 aliphatic heterocycles. The molecule has 0 aliphatic carbocycles. The van der Waals surface area contributed by atoms with Crippen molar-refractivity contribution in [2.24, 2.45) is 0 Å². The van der Waals surface area contributed by atoms with E-state index in [0.29, 0.717) is 5.95 Å². The molecule has 1 aliphatic rings. The van der Waals surface area contributed by atoms with Crippen LogP contribution in [0, 0.1) is 0 Å². The molecule has 0 amide bonds. The number of hydrogen-bond donors (Lipinski definition) is 3. The fourth-order valence-electron chi connectivity index (χ4n) is 2.89. The highest BCUT2D eigenvalue weighted by molar-refractivity contribution is 5.47. The summed E-state index contributed by atoms with van der Waals surface area (Å²) in [6.45, 7) is 5.38. The van der Waals surface area contributed by atoms with Gasteiger partial charge in [-0.15, -0.1) is 0 Å². The molecule has 6 nitrogen and oxygen atoms in total. The minimum absolute atomic E-state index is 0.0380. The van der Waals surface area contributed by atoms with Crippen molar-refractivity contribution in [2.75, 3.05) is 23.4 Å². The molecule has 0 bridgehead atoms. The minimum Gasteiger partial charge on any atom is -0.394 e. The number of rotatable bonds is 5. The molecule has 0 fully saturated rings. The SMILES string of the molecule is C[C@H](CO)Nc1nccc(N2CCc3cc([C@H](C)O)ccc3C2)n1. The summed E-state index contributed by atoms with van der Waals surface area (Å²) in [4.78, 5) is 11.0. The van der Waals surface area contributed by atoms with Gasteiger partial charge in [0.25, 0.3) is 0 Å². The van der Waals surface area contributed by atoms with Crippen molar-refractivity contribution in [3.8, 4) is 0 Å². The highest BCUT2D eigenvalue weighted by atomic mass is 16.3. The van der Waals surface area contributed by atoms with Gasteiger partial charge in [0.2, 0.25) is 5.95 Å². The van der Waals surface area contributed by atoms with Gasteiger partial charge >= 0.3 is 0 Å². The predicted molar refractivity (Wildman–Crippen MR) is 94.0 cm³/mol. The molecule has 0 saturated carbocycles. The quantitative estimate of drug-likeness (QED) is 0.777. The van der Waals surface area contributed by atoms with Gasteiger partial charge in [-0.3, -0.25) is 0 Å². The van der Waals surface area contributed by atoms with Crippen molar-refractivity contribution in [3.05, 3.63) is 47.2 Å². The van der Waals surface area contributed by atoms with E-state index in [0.717, 1.165) is 30.9 Å². The number of nitrogens with zero attached hydrogens (tertiary/aromatic N) is 3. The van der Waals surface area contributed by atoms with Crippen molar-refractivity contribution in [2.45, 2.75) is 39.0 Å². The lowest BCUT2D eigenvalue weighted by molar-refractivity contribution is 0.199. The van der Waals surface area contributed by atoms with Crippen molar-refractivity contribution >= 4 is 11.8 Å². The highest BCUT2D eigenvalue weighted by Crippen LogP contribution is 2.26. The normalized spacial score (nSPS) is 16.4. The summed E-state index contributed by atoms with van der Waals surface area (Å²) >= 11 is 0. The Morgan fingerprint density at radius 1 is 1.25 bits per heavy atom. The van der Waals surface area contributed by atoms with Gasteiger partial charge in [0.15, 0.2) is 0 Å². The van der Waals surface area contributed by atoms with Gasteiger partial charge in [0.1, 0.15) is 5.82 Å². The van der Waals surface area contributed by atoms with Crippen molar-refractivity contribution < 1.29 is 10.2 Å². The summed E-state index contributed by atoms with van der Waals surface area (Å²) in [5.41, 5.74) is 3.53. The second-order valence-electron chi connectivity index (χ2n) is 6.34. The Labute approximate surface area is 142 Å². The fourth-order valence-corrected chi connectivity index (χ4v) is 2.89. The summed E-state index contributed by atoms with van der Waals surface area (Å²) in [6, 6.07) is 8.01. The van der Waals surface area contributed by atoms with Gasteiger partial charge in [-0.2, -0.15) is 4.98 Å². The lowest BCUT2D eigenvalue weighted by atomic mass is 9.96. The van der Waals surface area contributed by atoms with Crippen LogP contribution < -0.4 is 10.2 Å². The highest BCUT2D eigenvalue weighted by Gasteiger charge is 2.19. The molecular formula is C18H24N4O2. The second-order valence-corrected chi connectivity index (χ2v) is 6.34. The summed E-state index contributed by atoms with van der Waals surface area (Å²) in [6.07, 6.45) is 2.23. The Morgan fingerprint density at radius 3 is 2.83 bits per heavy atom. The number of anilines is 2. The standard InChI is InChI=1S/C18H24N4O2/c1-12(11-23)20-18-19-7-5-17(21-18)22-8-6-15-9-14(13(2)24)3-4-16(15)10-22/h3-5,7,9,12-13,23-24H,6,8,10-11H2,1-2H3,(H,19,20,21)/t12-,13+/m1/s1. The Kier molecular flexibility index (Phi) is 4.97. The molecule has 0 radical (unpaired) electrons. The third-order valence-electron chi connectivity index (χ3n) is 4.34. The van der Waals surface area contributed by atoms with Crippen molar-refractivity contribution in [3.63, 3.8) is 0 Å². The van der Waals surface area contributed by atoms with E-state index in [1.165, 1.54) is 11.1 Å². The third-order valence-corrected chi connectivity index (χ3v) is 4.34. The van der Waals surface area contributed by atoms with Gasteiger partial charge < -0.3 is 20.4 Å². The lowest BCUT2D eigenvalue weighted by Gasteiger charge is -2.30. The van der Waals surface area contributed by atoms with E-state index in [9.17, 15) is 5.11 Å². The fraction of sp³-hybridized carbons (Fsp3) is 0.444. The van der Waals surface area contributed by atoms with Crippen LogP contribution in [0.1, 0.15) is 36.6 Å². The minimum atomic E-state index is -0.433. The molecule has 0 spiro atoms. The number of fused-ring (bicyclic) bond motifs is 1. The van der Waals surface area contributed by atoms with Crippen molar-refractivity contribution in [1.82, 2.24) is 9.97 Å². The van der Waals surface area contributed by atoms with Crippen LogP contribution >= 0.6 is 0 Å². The van der Waals surface area contributed by atoms with Crippen LogP contribution in [0.4, 0.5) is 11.8 Å². The Morgan fingerprint density at radius 2 is 2.08 bits per heavy atom. The van der Waals surface area contributed by atoms with Gasteiger partial charge in [-0.05, 0) is 43.0 Å². The van der Waals surface area contributed by atoms with Gasteiger partial charge in [0.05, 0.1) is 12.7 Å². The summed E-state index contributed by atoms with van der Waals surface area (Å²) < 4.78 is 0. The van der Waals surface area contributed by atoms with Crippen LogP contribution in [0.3, 0.4) is 0 Å². The first-order valence-electron chi connectivity index (χ1n) is 8.32. The van der Waals surface area contributed by atoms with E-state index in [1.54, 1.807) is 13.1 Å². The molecule has 0 saturated heterocycles. The van der Waals surface area contributed by atoms with E-state index in [2.05, 4.69) is 32.3 Å². The molecule has 3 N–H and O–H groups in total. The number of aliphatic hydroxyl groups is 2. The zero-order valence-corrected chi connectivity index (χ0v) is 14.1. The van der Waals surface area contributed by atoms with Crippen molar-refractivity contribution in [1.29, 1.82) is 0 Å². The first-order chi connectivity index (χ1) is 11.6. The van der Waals surface area contributed by atoms with Gasteiger partial charge in [0, 0.05) is 25.3 Å². The van der Waals surface area contributed by atoms with E-state index in [4.69, 9.17) is 5.11 Å². The van der Waals surface area contributed by atoms with E-state index in [1.807, 2.05) is 19.1 Å². The molecular weight excluding hydrogens is 304 g/mol. The summed E-state index contributed by atoms with van der Waals surface area (Å²) in [5, 5.41) is 21.9. The molecule has 2 aromatic rings. The zero-order valence-electron chi connectivity index (χ0n) is 14.1. The molecule has 2 heterocycles. The molecule has 1 aromatic heterocycles. The van der Waals surface area contributed by atoms with E-state index in [-0.39, 0.29) is 12.6 Å². The topological polar surface area (TPSA) is 81.5 Å². The molecule has 0 unspecified atom stereocenters. The van der Waals surface area contributed by atoms with Gasteiger partial charge in [-0.25, -0.2) is 4.98 Å². The van der Waals surface area contributed by atoms with E-state index >= 15 is 0 Å². The Bertz CT molecular complexity index is 705. The maximum absolute atomic E-state index is 9.73. The Balaban J connectivity index is 1.77. The van der Waals surface area contributed by atoms with Crippen LogP contribution in [0.5, 0.6) is 0 Å². The average Bonchev–Trinajstić information content (AvgIpc) is 2.60. The number of nitrogens with one attached hydrogen (secondary N) is 1. The predicted octanol–water partition coefficient (Wildman–Crippen LogP) is 1.89. The maximum atomic E-state index is 9.73. The average molecular weight is 328 g/mol. The lowest BCUT2D eigenvalue weighted by Crippen LogP contribution is -2.31. The van der Waals surface area contributed by atoms with Crippen LogP contribution in [0.25, 0.3) is 0 Å². The molecule has 128 valence electrons. The number of aliphatic hydroxyl groups excluding tert-OH is 2. The van der Waals surface area contributed by atoms with Crippen LogP contribution in [-0.4, -0.2) is 39.4 Å². The summed E-state index contributed by atoms with van der Waals surface area (Å²) in [5.74, 6) is 1.41. The summed E-state index contributed by atoms with van der Waals surface area (Å²) in [7, 11) is 0. The number of hydrogen-bond acceptors (Lipinski definition) is 6. The molecule has 1 aromatic carbocycles. The maximum Gasteiger partial charge on any atom is 0.224 e. The molecule has 3 rings (SSSR count). The molecule has 2 atom stereocenters. The smallest absolute Gasteiger partial charge is 0.224 e. The number of benzene rings is 1. The van der Waals surface area contributed by atoms with Gasteiger partial charge in [-0.1, -0.05) is 18.2 Å². The first-order valence-corrected chi connectivity index (χ1v) is 8.32. The van der Waals surface area contributed by atoms with Crippen LogP contribution in [0.2, 0.25) is 0 Å². The zero-order chi connectivity index (χ0) is 17.1. The monoisotopic (exact) mass is 328 g/mol. The largest absolute Gasteiger partial charge is 0.394 e. The molecule has 24 heavy (non-hydrogen) atoms. The number of aromatic nitrogens is 2. The Hall–Kier alpha value is -2.18. The van der Waals surface area contributed by atoms with Crippen LogP contribution in [0.15, 0.2) is 30.5 Å². The van der Waals surface area contributed by atoms with E-state index < -0.39 is 6.10 Å². The second kappa shape index (κ2) is 7.15. The third kappa shape index (κ3) is 3.66.